The normalized spacial score (nSPS) is 15.6. The van der Waals surface area contributed by atoms with Crippen LogP contribution in [0.25, 0.3) is 11.3 Å². The number of hydrogen-bond acceptors (Lipinski definition) is 3. The summed E-state index contributed by atoms with van der Waals surface area (Å²) >= 11 is 0. The van der Waals surface area contributed by atoms with Crippen molar-refractivity contribution in [2.45, 2.75) is 31.9 Å². The smallest absolute Gasteiger partial charge is 0.398 e. The van der Waals surface area contributed by atoms with Gasteiger partial charge >= 0.3 is 6.18 Å². The van der Waals surface area contributed by atoms with Gasteiger partial charge in [-0.3, -0.25) is 0 Å². The average Bonchev–Trinajstić information content (AvgIpc) is 3.42. The van der Waals surface area contributed by atoms with Gasteiger partial charge < -0.3 is 10.1 Å². The first-order valence-corrected chi connectivity index (χ1v) is 8.91. The molecular weight excluding hydrogens is 360 g/mol. The van der Waals surface area contributed by atoms with Crippen molar-refractivity contribution in [3.05, 3.63) is 47.4 Å². The fraction of sp³-hybridized carbons (Fsp3) is 0.450. The Kier molecular flexibility index (Phi) is 5.69. The number of ether oxygens (including phenoxy) is 1. The zero-order chi connectivity index (χ0) is 19.6. The van der Waals surface area contributed by atoms with Crippen LogP contribution in [0.1, 0.15) is 30.0 Å². The summed E-state index contributed by atoms with van der Waals surface area (Å²) in [5, 5.41) is 2.58. The van der Waals surface area contributed by atoms with E-state index in [4.69, 9.17) is 4.74 Å². The molecule has 0 bridgehead atoms. The van der Waals surface area contributed by atoms with Crippen molar-refractivity contribution >= 4 is 0 Å². The number of benzene rings is 1. The fourth-order valence-electron chi connectivity index (χ4n) is 2.93. The van der Waals surface area contributed by atoms with Gasteiger partial charge in [0.05, 0.1) is 12.3 Å². The maximum absolute atomic E-state index is 13.5. The third-order valence-corrected chi connectivity index (χ3v) is 4.62. The van der Waals surface area contributed by atoms with Crippen LogP contribution in [0.2, 0.25) is 0 Å². The topological polar surface area (TPSA) is 34.1 Å². The Balaban J connectivity index is 2.07. The minimum Gasteiger partial charge on any atom is -0.491 e. The molecule has 2 aromatic rings. The molecule has 27 heavy (non-hydrogen) atoms. The summed E-state index contributed by atoms with van der Waals surface area (Å²) in [6.45, 7) is 1.95. The first kappa shape index (κ1) is 19.6. The van der Waals surface area contributed by atoms with Crippen LogP contribution >= 0.6 is 0 Å². The molecule has 7 heteroatoms. The zero-order valence-corrected chi connectivity index (χ0v) is 15.2. The molecule has 1 fully saturated rings. The van der Waals surface area contributed by atoms with Crippen LogP contribution in [0, 0.1) is 18.7 Å². The largest absolute Gasteiger partial charge is 0.491 e. The lowest BCUT2D eigenvalue weighted by atomic mass is 9.99. The van der Waals surface area contributed by atoms with Crippen molar-refractivity contribution in [2.75, 3.05) is 20.2 Å². The van der Waals surface area contributed by atoms with Crippen LogP contribution < -0.4 is 10.1 Å². The molecule has 0 aliphatic heterocycles. The summed E-state index contributed by atoms with van der Waals surface area (Å²) in [6, 6.07) is 6.97. The number of nitrogens with zero attached hydrogens (tertiary/aromatic N) is 1. The van der Waals surface area contributed by atoms with Crippen molar-refractivity contribution in [2.24, 2.45) is 5.92 Å². The van der Waals surface area contributed by atoms with Crippen LogP contribution in [0.15, 0.2) is 30.3 Å². The van der Waals surface area contributed by atoms with E-state index in [2.05, 4.69) is 10.3 Å². The number of likely N-dealkylation sites (N-methyl/N-ethyl adjacent to an activating group) is 1. The Morgan fingerprint density at radius 2 is 1.89 bits per heavy atom. The molecule has 1 saturated carbocycles. The lowest BCUT2D eigenvalue weighted by Crippen LogP contribution is -2.31. The third kappa shape index (κ3) is 4.77. The molecular formula is C20H22F4N2O. The zero-order valence-electron chi connectivity index (χ0n) is 15.2. The average molecular weight is 382 g/mol. The van der Waals surface area contributed by atoms with Crippen LogP contribution in [0.5, 0.6) is 5.75 Å². The molecule has 1 heterocycles. The number of aromatic nitrogens is 1. The monoisotopic (exact) mass is 382 g/mol. The summed E-state index contributed by atoms with van der Waals surface area (Å²) in [6.07, 6.45) is -2.25. The first-order valence-electron chi connectivity index (χ1n) is 8.91. The van der Waals surface area contributed by atoms with Crippen molar-refractivity contribution < 1.29 is 22.3 Å². The Hall–Kier alpha value is -2.15. The third-order valence-electron chi connectivity index (χ3n) is 4.62. The van der Waals surface area contributed by atoms with E-state index < -0.39 is 17.9 Å². The van der Waals surface area contributed by atoms with Gasteiger partial charge in [0.1, 0.15) is 23.2 Å². The highest BCUT2D eigenvalue weighted by Crippen LogP contribution is 2.39. The first-order chi connectivity index (χ1) is 12.8. The molecule has 1 atom stereocenters. The molecule has 0 spiro atoms. The molecule has 1 unspecified atom stereocenters. The Morgan fingerprint density at radius 3 is 2.44 bits per heavy atom. The number of pyridine rings is 1. The number of rotatable bonds is 7. The van der Waals surface area contributed by atoms with E-state index in [1.807, 2.05) is 0 Å². The summed E-state index contributed by atoms with van der Waals surface area (Å²) in [5.74, 6) is -1.21. The van der Waals surface area contributed by atoms with Crippen LogP contribution in [-0.2, 0) is 0 Å². The van der Waals surface area contributed by atoms with Crippen LogP contribution in [0.4, 0.5) is 17.6 Å². The lowest BCUT2D eigenvalue weighted by Gasteiger charge is -2.22. The maximum atomic E-state index is 13.5. The number of hydrogen-bond donors (Lipinski definition) is 1. The highest BCUT2D eigenvalue weighted by Gasteiger charge is 2.41. The molecule has 0 amide bonds. The van der Waals surface area contributed by atoms with Gasteiger partial charge in [0, 0.05) is 12.1 Å². The van der Waals surface area contributed by atoms with Crippen molar-refractivity contribution in [3.8, 4) is 17.0 Å². The molecule has 1 aromatic heterocycles. The van der Waals surface area contributed by atoms with Gasteiger partial charge in [0.25, 0.3) is 0 Å². The molecule has 3 nitrogen and oxygen atoms in total. The number of alkyl halides is 3. The SMILES string of the molecule is CNCC(c1cc(C)c(OCC2CC2)c(-c2ccc(F)cc2)n1)C(F)(F)F. The molecule has 1 N–H and O–H groups in total. The molecule has 1 aliphatic rings. The van der Waals surface area contributed by atoms with Crippen molar-refractivity contribution in [1.29, 1.82) is 0 Å². The minimum absolute atomic E-state index is 0.0764. The molecule has 3 rings (SSSR count). The molecule has 1 aliphatic carbocycles. The van der Waals surface area contributed by atoms with E-state index in [9.17, 15) is 17.6 Å². The molecule has 0 saturated heterocycles. The lowest BCUT2D eigenvalue weighted by molar-refractivity contribution is -0.150. The fourth-order valence-corrected chi connectivity index (χ4v) is 2.93. The van der Waals surface area contributed by atoms with Gasteiger partial charge in [-0.25, -0.2) is 9.37 Å². The van der Waals surface area contributed by atoms with Crippen molar-refractivity contribution in [3.63, 3.8) is 0 Å². The summed E-state index contributed by atoms with van der Waals surface area (Å²) in [4.78, 5) is 4.31. The minimum atomic E-state index is -4.43. The van der Waals surface area contributed by atoms with E-state index in [0.29, 0.717) is 35.1 Å². The predicted octanol–water partition coefficient (Wildman–Crippen LogP) is 4.85. The Labute approximate surface area is 155 Å². The van der Waals surface area contributed by atoms with E-state index in [1.165, 1.54) is 37.4 Å². The van der Waals surface area contributed by atoms with Gasteiger partial charge in [-0.2, -0.15) is 13.2 Å². The van der Waals surface area contributed by atoms with E-state index in [0.717, 1.165) is 12.8 Å². The Morgan fingerprint density at radius 1 is 1.22 bits per heavy atom. The Bertz CT molecular complexity index is 786. The van der Waals surface area contributed by atoms with Crippen molar-refractivity contribution in [1.82, 2.24) is 10.3 Å². The van der Waals surface area contributed by atoms with Gasteiger partial charge in [-0.05, 0) is 68.6 Å². The quantitative estimate of drug-likeness (QED) is 0.695. The van der Waals surface area contributed by atoms with Gasteiger partial charge in [0.2, 0.25) is 0 Å². The summed E-state index contributed by atoms with van der Waals surface area (Å²) in [7, 11) is 1.47. The standard InChI is InChI=1S/C20H22F4N2O/c1-12-9-17(16(10-25-2)20(22,23)24)26-18(14-5-7-15(21)8-6-14)19(12)27-11-13-3-4-13/h5-9,13,16,25H,3-4,10-11H2,1-2H3. The van der Waals surface area contributed by atoms with E-state index in [-0.39, 0.29) is 12.2 Å². The second-order valence-electron chi connectivity index (χ2n) is 6.95. The van der Waals surface area contributed by atoms with Gasteiger partial charge in [0.15, 0.2) is 0 Å². The molecule has 1 aromatic carbocycles. The second-order valence-corrected chi connectivity index (χ2v) is 6.95. The van der Waals surface area contributed by atoms with Crippen LogP contribution in [0.3, 0.4) is 0 Å². The number of halogens is 4. The summed E-state index contributed by atoms with van der Waals surface area (Å²) < 4.78 is 59.7. The predicted molar refractivity (Wildman–Crippen MR) is 95.3 cm³/mol. The number of nitrogens with one attached hydrogen (secondary N) is 1. The maximum Gasteiger partial charge on any atom is 0.398 e. The van der Waals surface area contributed by atoms with E-state index in [1.54, 1.807) is 6.92 Å². The molecule has 146 valence electrons. The molecule has 0 radical (unpaired) electrons. The van der Waals surface area contributed by atoms with Crippen LogP contribution in [-0.4, -0.2) is 31.4 Å². The van der Waals surface area contributed by atoms with Gasteiger partial charge in [-0.15, -0.1) is 0 Å². The highest BCUT2D eigenvalue weighted by atomic mass is 19.4. The highest BCUT2D eigenvalue weighted by molar-refractivity contribution is 5.68. The number of aryl methyl sites for hydroxylation is 1. The van der Waals surface area contributed by atoms with E-state index >= 15 is 0 Å². The van der Waals surface area contributed by atoms with Gasteiger partial charge in [-0.1, -0.05) is 0 Å². The summed E-state index contributed by atoms with van der Waals surface area (Å²) in [5.41, 5.74) is 1.35. The second kappa shape index (κ2) is 7.84.